The SMILES string of the molecule is Cc1cc([N+](=O)[O-])ccc1-c1nc(N)n[nH]1. The summed E-state index contributed by atoms with van der Waals surface area (Å²) in [4.78, 5) is 14.1. The highest BCUT2D eigenvalue weighted by molar-refractivity contribution is 5.62. The fourth-order valence-corrected chi connectivity index (χ4v) is 1.42. The molecule has 1 aromatic carbocycles. The number of aromatic nitrogens is 3. The van der Waals surface area contributed by atoms with Gasteiger partial charge in [0.05, 0.1) is 4.92 Å². The van der Waals surface area contributed by atoms with Crippen molar-refractivity contribution in [3.05, 3.63) is 33.9 Å². The van der Waals surface area contributed by atoms with E-state index in [-0.39, 0.29) is 11.6 Å². The summed E-state index contributed by atoms with van der Waals surface area (Å²) in [7, 11) is 0. The van der Waals surface area contributed by atoms with Crippen molar-refractivity contribution in [2.75, 3.05) is 5.73 Å². The van der Waals surface area contributed by atoms with Gasteiger partial charge in [0.15, 0.2) is 5.82 Å². The summed E-state index contributed by atoms with van der Waals surface area (Å²) in [6, 6.07) is 4.52. The van der Waals surface area contributed by atoms with Crippen LogP contribution in [0.2, 0.25) is 0 Å². The Hall–Kier alpha value is -2.44. The number of hydrogen-bond donors (Lipinski definition) is 2. The third-order valence-corrected chi connectivity index (χ3v) is 2.18. The van der Waals surface area contributed by atoms with Crippen molar-refractivity contribution in [1.29, 1.82) is 0 Å². The van der Waals surface area contributed by atoms with Crippen LogP contribution in [0.15, 0.2) is 18.2 Å². The van der Waals surface area contributed by atoms with E-state index in [0.717, 1.165) is 11.1 Å². The highest BCUT2D eigenvalue weighted by Gasteiger charge is 2.11. The number of nitro benzene ring substituents is 1. The number of anilines is 1. The fourth-order valence-electron chi connectivity index (χ4n) is 1.42. The van der Waals surface area contributed by atoms with Crippen LogP contribution in [0.3, 0.4) is 0 Å². The number of nitro groups is 1. The van der Waals surface area contributed by atoms with Crippen LogP contribution in [-0.2, 0) is 0 Å². The molecule has 2 rings (SSSR count). The summed E-state index contributed by atoms with van der Waals surface area (Å²) >= 11 is 0. The number of hydrogen-bond acceptors (Lipinski definition) is 5. The Morgan fingerprint density at radius 2 is 2.25 bits per heavy atom. The molecule has 0 fully saturated rings. The highest BCUT2D eigenvalue weighted by Crippen LogP contribution is 2.24. The lowest BCUT2D eigenvalue weighted by Crippen LogP contribution is -1.91. The average molecular weight is 219 g/mol. The first kappa shape index (κ1) is 10.1. The van der Waals surface area contributed by atoms with Crippen molar-refractivity contribution >= 4 is 11.6 Å². The standard InChI is InChI=1S/C9H9N5O2/c1-5-4-6(14(15)16)2-3-7(5)8-11-9(10)13-12-8/h2-4H,1H3,(H3,10,11,12,13). The Morgan fingerprint density at radius 1 is 1.50 bits per heavy atom. The normalized spacial score (nSPS) is 10.3. The van der Waals surface area contributed by atoms with E-state index in [9.17, 15) is 10.1 Å². The second-order valence-corrected chi connectivity index (χ2v) is 3.30. The van der Waals surface area contributed by atoms with Crippen LogP contribution in [0.5, 0.6) is 0 Å². The van der Waals surface area contributed by atoms with E-state index in [2.05, 4.69) is 15.2 Å². The Labute approximate surface area is 90.5 Å². The zero-order chi connectivity index (χ0) is 11.7. The first-order valence-corrected chi connectivity index (χ1v) is 4.51. The third-order valence-electron chi connectivity index (χ3n) is 2.18. The van der Waals surface area contributed by atoms with Crippen molar-refractivity contribution < 1.29 is 4.92 Å². The molecular formula is C9H9N5O2. The lowest BCUT2D eigenvalue weighted by atomic mass is 10.1. The van der Waals surface area contributed by atoms with E-state index in [1.807, 2.05) is 0 Å². The van der Waals surface area contributed by atoms with Gasteiger partial charge in [0.2, 0.25) is 5.95 Å². The maximum absolute atomic E-state index is 10.6. The van der Waals surface area contributed by atoms with Crippen LogP contribution in [0.1, 0.15) is 5.56 Å². The van der Waals surface area contributed by atoms with Crippen LogP contribution < -0.4 is 5.73 Å². The largest absolute Gasteiger partial charge is 0.366 e. The summed E-state index contributed by atoms with van der Waals surface area (Å²) in [5.41, 5.74) is 6.92. The Bertz CT molecular complexity index is 549. The molecule has 0 amide bonds. The minimum atomic E-state index is -0.439. The molecule has 0 saturated carbocycles. The molecule has 1 aromatic heterocycles. The summed E-state index contributed by atoms with van der Waals surface area (Å²) in [6.45, 7) is 1.76. The maximum atomic E-state index is 10.6. The topological polar surface area (TPSA) is 111 Å². The molecule has 1 heterocycles. The van der Waals surface area contributed by atoms with Gasteiger partial charge < -0.3 is 5.73 Å². The first-order chi connectivity index (χ1) is 7.58. The molecular weight excluding hydrogens is 210 g/mol. The molecule has 0 radical (unpaired) electrons. The van der Waals surface area contributed by atoms with E-state index >= 15 is 0 Å². The van der Waals surface area contributed by atoms with Gasteiger partial charge >= 0.3 is 0 Å². The third kappa shape index (κ3) is 1.70. The van der Waals surface area contributed by atoms with Gasteiger partial charge in [-0.1, -0.05) is 0 Å². The first-order valence-electron chi connectivity index (χ1n) is 4.51. The minimum absolute atomic E-state index is 0.0498. The molecule has 3 N–H and O–H groups in total. The van der Waals surface area contributed by atoms with Gasteiger partial charge in [0, 0.05) is 17.7 Å². The Morgan fingerprint density at radius 3 is 2.75 bits per heavy atom. The number of non-ortho nitro benzene ring substituents is 1. The lowest BCUT2D eigenvalue weighted by Gasteiger charge is -2.00. The monoisotopic (exact) mass is 219 g/mol. The van der Waals surface area contributed by atoms with Crippen molar-refractivity contribution in [3.8, 4) is 11.4 Å². The van der Waals surface area contributed by atoms with Gasteiger partial charge in [-0.05, 0) is 18.6 Å². The van der Waals surface area contributed by atoms with E-state index in [1.165, 1.54) is 12.1 Å². The van der Waals surface area contributed by atoms with Gasteiger partial charge in [0.1, 0.15) is 0 Å². The van der Waals surface area contributed by atoms with Crippen molar-refractivity contribution in [2.45, 2.75) is 6.92 Å². The number of H-pyrrole nitrogens is 1. The molecule has 0 spiro atoms. The summed E-state index contributed by atoms with van der Waals surface area (Å²) in [5, 5.41) is 16.9. The molecule has 0 aliphatic heterocycles. The summed E-state index contributed by atoms with van der Waals surface area (Å²) in [6.07, 6.45) is 0. The molecule has 82 valence electrons. The molecule has 0 saturated heterocycles. The number of aromatic amines is 1. The van der Waals surface area contributed by atoms with Crippen LogP contribution in [0, 0.1) is 17.0 Å². The molecule has 0 unspecified atom stereocenters. The van der Waals surface area contributed by atoms with E-state index in [4.69, 9.17) is 5.73 Å². The van der Waals surface area contributed by atoms with Crippen molar-refractivity contribution in [2.24, 2.45) is 0 Å². The highest BCUT2D eigenvalue weighted by atomic mass is 16.6. The molecule has 0 bridgehead atoms. The number of rotatable bonds is 2. The summed E-state index contributed by atoms with van der Waals surface area (Å²) in [5.74, 6) is 0.651. The second-order valence-electron chi connectivity index (χ2n) is 3.30. The van der Waals surface area contributed by atoms with Gasteiger partial charge in [-0.25, -0.2) is 0 Å². The molecule has 7 nitrogen and oxygen atoms in total. The van der Waals surface area contributed by atoms with E-state index < -0.39 is 4.92 Å². The second kappa shape index (κ2) is 3.61. The number of aryl methyl sites for hydroxylation is 1. The quantitative estimate of drug-likeness (QED) is 0.583. The van der Waals surface area contributed by atoms with Gasteiger partial charge in [-0.3, -0.25) is 15.2 Å². The number of nitrogens with zero attached hydrogens (tertiary/aromatic N) is 3. The molecule has 0 aliphatic rings. The van der Waals surface area contributed by atoms with Gasteiger partial charge in [-0.2, -0.15) is 4.98 Å². The van der Waals surface area contributed by atoms with Gasteiger partial charge in [0.25, 0.3) is 5.69 Å². The molecule has 7 heteroatoms. The molecule has 2 aromatic rings. The minimum Gasteiger partial charge on any atom is -0.366 e. The Balaban J connectivity index is 2.47. The average Bonchev–Trinajstić information content (AvgIpc) is 2.64. The Kier molecular flexibility index (Phi) is 2.28. The van der Waals surface area contributed by atoms with Crippen LogP contribution in [0.4, 0.5) is 11.6 Å². The zero-order valence-corrected chi connectivity index (χ0v) is 8.47. The van der Waals surface area contributed by atoms with Crippen molar-refractivity contribution in [1.82, 2.24) is 15.2 Å². The number of nitrogen functional groups attached to an aromatic ring is 1. The molecule has 0 atom stereocenters. The number of nitrogens with one attached hydrogen (secondary N) is 1. The summed E-state index contributed by atoms with van der Waals surface area (Å²) < 4.78 is 0. The maximum Gasteiger partial charge on any atom is 0.269 e. The van der Waals surface area contributed by atoms with Crippen molar-refractivity contribution in [3.63, 3.8) is 0 Å². The smallest absolute Gasteiger partial charge is 0.269 e. The number of benzene rings is 1. The van der Waals surface area contributed by atoms with Crippen LogP contribution in [0.25, 0.3) is 11.4 Å². The fraction of sp³-hybridized carbons (Fsp3) is 0.111. The molecule has 16 heavy (non-hydrogen) atoms. The predicted molar refractivity (Wildman–Crippen MR) is 57.6 cm³/mol. The molecule has 0 aliphatic carbocycles. The van der Waals surface area contributed by atoms with Gasteiger partial charge in [-0.15, -0.1) is 5.10 Å². The van der Waals surface area contributed by atoms with Crippen LogP contribution >= 0.6 is 0 Å². The van der Waals surface area contributed by atoms with Crippen LogP contribution in [-0.4, -0.2) is 20.1 Å². The predicted octanol–water partition coefficient (Wildman–Crippen LogP) is 1.27. The number of nitrogens with two attached hydrogens (primary N) is 1. The van der Waals surface area contributed by atoms with E-state index in [1.54, 1.807) is 13.0 Å². The lowest BCUT2D eigenvalue weighted by molar-refractivity contribution is -0.384. The zero-order valence-electron chi connectivity index (χ0n) is 8.47. The van der Waals surface area contributed by atoms with E-state index in [0.29, 0.717) is 5.82 Å².